The highest BCUT2D eigenvalue weighted by Gasteiger charge is 2.39. The van der Waals surface area contributed by atoms with E-state index in [2.05, 4.69) is 26.0 Å². The highest BCUT2D eigenvalue weighted by molar-refractivity contribution is 8.01. The summed E-state index contributed by atoms with van der Waals surface area (Å²) >= 11 is 1.60. The summed E-state index contributed by atoms with van der Waals surface area (Å²) in [5, 5.41) is -0.210. The minimum absolute atomic E-state index is 0.0987. The predicted molar refractivity (Wildman–Crippen MR) is 94.2 cm³/mol. The van der Waals surface area contributed by atoms with E-state index in [0.29, 0.717) is 5.92 Å². The summed E-state index contributed by atoms with van der Waals surface area (Å²) in [7, 11) is 0. The van der Waals surface area contributed by atoms with Gasteiger partial charge in [-0.15, -0.1) is 11.8 Å². The maximum atomic E-state index is 13.2. The van der Waals surface area contributed by atoms with Crippen LogP contribution in [-0.4, -0.2) is 11.2 Å². The lowest BCUT2D eigenvalue weighted by molar-refractivity contribution is -0.117. The molecule has 1 fully saturated rings. The normalized spacial score (nSPS) is 21.3. The molecule has 0 saturated carbocycles. The number of hydrogen-bond acceptors (Lipinski definition) is 2. The zero-order chi connectivity index (χ0) is 16.6. The molecular weight excluding hydrogens is 309 g/mol. The van der Waals surface area contributed by atoms with Crippen LogP contribution in [0.2, 0.25) is 0 Å². The summed E-state index contributed by atoms with van der Waals surface area (Å²) in [6.45, 7) is 6.22. The molecule has 0 bridgehead atoms. The second kappa shape index (κ2) is 6.36. The minimum atomic E-state index is -0.260. The van der Waals surface area contributed by atoms with Crippen LogP contribution in [0.1, 0.15) is 43.2 Å². The van der Waals surface area contributed by atoms with Gasteiger partial charge in [0.05, 0.1) is 5.25 Å². The van der Waals surface area contributed by atoms with E-state index in [4.69, 9.17) is 0 Å². The topological polar surface area (TPSA) is 20.3 Å². The maximum absolute atomic E-state index is 13.2. The van der Waals surface area contributed by atoms with Crippen molar-refractivity contribution in [3.8, 4) is 0 Å². The fourth-order valence-corrected chi connectivity index (χ4v) is 4.04. The molecule has 23 heavy (non-hydrogen) atoms. The largest absolute Gasteiger partial charge is 0.295 e. The minimum Gasteiger partial charge on any atom is -0.295 e. The number of carbonyl (C=O) groups is 1. The van der Waals surface area contributed by atoms with Crippen LogP contribution in [0, 0.1) is 5.82 Å². The Kier molecular flexibility index (Phi) is 4.44. The van der Waals surface area contributed by atoms with Crippen molar-refractivity contribution in [2.75, 3.05) is 4.90 Å². The van der Waals surface area contributed by atoms with Crippen LogP contribution < -0.4 is 4.90 Å². The number of carbonyl (C=O) groups excluding carboxylic acids is 1. The van der Waals surface area contributed by atoms with Crippen LogP contribution in [0.25, 0.3) is 0 Å². The molecule has 2 atom stereocenters. The van der Waals surface area contributed by atoms with Crippen molar-refractivity contribution in [3.05, 3.63) is 65.5 Å². The molecule has 2 aromatic rings. The van der Waals surface area contributed by atoms with Crippen molar-refractivity contribution in [2.24, 2.45) is 0 Å². The molecule has 3 rings (SSSR count). The zero-order valence-electron chi connectivity index (χ0n) is 13.5. The molecule has 1 aliphatic rings. The smallest absolute Gasteiger partial charge is 0.241 e. The first-order valence-electron chi connectivity index (χ1n) is 7.81. The van der Waals surface area contributed by atoms with Gasteiger partial charge in [-0.25, -0.2) is 4.39 Å². The van der Waals surface area contributed by atoms with Crippen molar-refractivity contribution < 1.29 is 9.18 Å². The zero-order valence-corrected chi connectivity index (χ0v) is 14.3. The highest BCUT2D eigenvalue weighted by Crippen LogP contribution is 2.45. The maximum Gasteiger partial charge on any atom is 0.241 e. The van der Waals surface area contributed by atoms with E-state index in [1.165, 1.54) is 17.7 Å². The van der Waals surface area contributed by atoms with Crippen LogP contribution in [0.4, 0.5) is 10.1 Å². The van der Waals surface area contributed by atoms with Crippen molar-refractivity contribution in [1.82, 2.24) is 0 Å². The van der Waals surface area contributed by atoms with Gasteiger partial charge in [-0.3, -0.25) is 9.69 Å². The Balaban J connectivity index is 1.96. The molecule has 0 spiro atoms. The monoisotopic (exact) mass is 329 g/mol. The summed E-state index contributed by atoms with van der Waals surface area (Å²) in [4.78, 5) is 14.4. The third-order valence-electron chi connectivity index (χ3n) is 4.15. The molecule has 4 heteroatoms. The van der Waals surface area contributed by atoms with Gasteiger partial charge in [0.25, 0.3) is 0 Å². The first-order valence-corrected chi connectivity index (χ1v) is 8.75. The summed E-state index contributed by atoms with van der Waals surface area (Å²) < 4.78 is 13.2. The summed E-state index contributed by atoms with van der Waals surface area (Å²) in [5.41, 5.74) is 3.09. The standard InChI is InChI=1S/C19H20FNOS/c1-12(2)14-6-10-17(11-7-14)21-18(22)13(3)23-19(21)15-4-8-16(20)9-5-15/h4-13,19H,1-3H3. The summed E-state index contributed by atoms with van der Waals surface area (Å²) in [6.07, 6.45) is 0. The van der Waals surface area contributed by atoms with Gasteiger partial charge in [-0.1, -0.05) is 38.1 Å². The Labute approximate surface area is 140 Å². The van der Waals surface area contributed by atoms with Gasteiger partial charge >= 0.3 is 0 Å². The molecule has 0 aromatic heterocycles. The van der Waals surface area contributed by atoms with Crippen molar-refractivity contribution in [3.63, 3.8) is 0 Å². The number of nitrogens with zero attached hydrogens (tertiary/aromatic N) is 1. The lowest BCUT2D eigenvalue weighted by Gasteiger charge is -2.24. The number of benzene rings is 2. The lowest BCUT2D eigenvalue weighted by Crippen LogP contribution is -2.30. The van der Waals surface area contributed by atoms with Gasteiger partial charge in [-0.05, 0) is 48.2 Å². The van der Waals surface area contributed by atoms with E-state index >= 15 is 0 Å². The van der Waals surface area contributed by atoms with Gasteiger partial charge < -0.3 is 0 Å². The molecule has 2 aromatic carbocycles. The molecular formula is C19H20FNOS. The van der Waals surface area contributed by atoms with Crippen LogP contribution in [-0.2, 0) is 4.79 Å². The highest BCUT2D eigenvalue weighted by atomic mass is 32.2. The molecule has 1 saturated heterocycles. The molecule has 2 nitrogen and oxygen atoms in total. The number of rotatable bonds is 3. The predicted octanol–water partition coefficient (Wildman–Crippen LogP) is 5.12. The van der Waals surface area contributed by atoms with Crippen LogP contribution >= 0.6 is 11.8 Å². The Morgan fingerprint density at radius 3 is 2.22 bits per heavy atom. The number of hydrogen-bond donors (Lipinski definition) is 0. The van der Waals surface area contributed by atoms with Gasteiger partial charge in [0, 0.05) is 5.69 Å². The number of thioether (sulfide) groups is 1. The van der Waals surface area contributed by atoms with Crippen LogP contribution in [0.3, 0.4) is 0 Å². The van der Waals surface area contributed by atoms with E-state index < -0.39 is 0 Å². The molecule has 1 amide bonds. The summed E-state index contributed by atoms with van der Waals surface area (Å²) in [5.74, 6) is 0.296. The average Bonchev–Trinajstić information content (AvgIpc) is 2.84. The van der Waals surface area contributed by atoms with Crippen molar-refractivity contribution in [2.45, 2.75) is 37.3 Å². The van der Waals surface area contributed by atoms with E-state index in [0.717, 1.165) is 11.3 Å². The van der Waals surface area contributed by atoms with Gasteiger partial charge in [-0.2, -0.15) is 0 Å². The van der Waals surface area contributed by atoms with E-state index in [1.54, 1.807) is 23.9 Å². The first-order chi connectivity index (χ1) is 11.0. The molecule has 2 unspecified atom stereocenters. The van der Waals surface area contributed by atoms with E-state index in [9.17, 15) is 9.18 Å². The Morgan fingerprint density at radius 2 is 1.65 bits per heavy atom. The third kappa shape index (κ3) is 3.13. The van der Waals surface area contributed by atoms with E-state index in [1.807, 2.05) is 24.0 Å². The fourth-order valence-electron chi connectivity index (χ4n) is 2.76. The Bertz CT molecular complexity index is 696. The molecule has 0 N–H and O–H groups in total. The SMILES string of the molecule is CC1SC(c2ccc(F)cc2)N(c2ccc(C(C)C)cc2)C1=O. The fraction of sp³-hybridized carbons (Fsp3) is 0.316. The molecule has 120 valence electrons. The van der Waals surface area contributed by atoms with Gasteiger partial charge in [0.2, 0.25) is 5.91 Å². The first kappa shape index (κ1) is 16.1. The summed E-state index contributed by atoms with van der Waals surface area (Å²) in [6, 6.07) is 14.6. The van der Waals surface area contributed by atoms with Gasteiger partial charge in [0.1, 0.15) is 11.2 Å². The van der Waals surface area contributed by atoms with Gasteiger partial charge in [0.15, 0.2) is 0 Å². The van der Waals surface area contributed by atoms with Crippen LogP contribution in [0.15, 0.2) is 48.5 Å². The lowest BCUT2D eigenvalue weighted by atomic mass is 10.0. The number of amides is 1. The molecule has 1 heterocycles. The Morgan fingerprint density at radius 1 is 1.04 bits per heavy atom. The second-order valence-corrected chi connectivity index (χ2v) is 7.56. The number of anilines is 1. The average molecular weight is 329 g/mol. The number of halogens is 1. The molecule has 1 aliphatic heterocycles. The second-order valence-electron chi connectivity index (χ2n) is 6.14. The van der Waals surface area contributed by atoms with Crippen LogP contribution in [0.5, 0.6) is 0 Å². The molecule has 0 radical (unpaired) electrons. The van der Waals surface area contributed by atoms with E-state index in [-0.39, 0.29) is 22.3 Å². The Hall–Kier alpha value is -1.81. The van der Waals surface area contributed by atoms with Crippen molar-refractivity contribution >= 4 is 23.4 Å². The van der Waals surface area contributed by atoms with Crippen molar-refractivity contribution in [1.29, 1.82) is 0 Å². The third-order valence-corrected chi connectivity index (χ3v) is 5.50. The molecule has 0 aliphatic carbocycles. The quantitative estimate of drug-likeness (QED) is 0.779.